The predicted molar refractivity (Wildman–Crippen MR) is 50.7 cm³/mol. The minimum atomic E-state index is 0. The largest absolute Gasteiger partial charge is 0.321 e. The number of rotatable bonds is 0. The lowest BCUT2D eigenvalue weighted by molar-refractivity contribution is 0.451. The Bertz CT molecular complexity index is 237. The van der Waals surface area contributed by atoms with E-state index in [0.717, 1.165) is 25.2 Å². The number of fused-ring (bicyclic) bond motifs is 1. The molecule has 2 heterocycles. The van der Waals surface area contributed by atoms with E-state index in [2.05, 4.69) is 10.2 Å². The maximum absolute atomic E-state index is 5.77. The van der Waals surface area contributed by atoms with Gasteiger partial charge in [-0.05, 0) is 12.8 Å². The maximum atomic E-state index is 5.77. The highest BCUT2D eigenvalue weighted by atomic mass is 35.5. The molecule has 0 bridgehead atoms. The standard InChI is InChI=1S/C6H10N4.2ClH/c7-5-2-1-3-10-4-8-9-6(5)10;;/h4-5H,1-3,7H2;2*1H. The van der Waals surface area contributed by atoms with Gasteiger partial charge in [-0.1, -0.05) is 0 Å². The van der Waals surface area contributed by atoms with Crippen LogP contribution in [0.4, 0.5) is 0 Å². The van der Waals surface area contributed by atoms with Gasteiger partial charge in [-0.3, -0.25) is 0 Å². The van der Waals surface area contributed by atoms with Gasteiger partial charge < -0.3 is 10.3 Å². The van der Waals surface area contributed by atoms with Crippen molar-refractivity contribution < 1.29 is 0 Å². The summed E-state index contributed by atoms with van der Waals surface area (Å²) in [7, 11) is 0. The van der Waals surface area contributed by atoms with Crippen molar-refractivity contribution in [3.63, 3.8) is 0 Å². The number of aryl methyl sites for hydroxylation is 1. The summed E-state index contributed by atoms with van der Waals surface area (Å²) in [6.45, 7) is 1.02. The van der Waals surface area contributed by atoms with E-state index in [1.807, 2.05) is 4.57 Å². The highest BCUT2D eigenvalue weighted by molar-refractivity contribution is 5.85. The molecule has 1 aliphatic heterocycles. The second kappa shape index (κ2) is 4.64. The van der Waals surface area contributed by atoms with Gasteiger partial charge in [0.25, 0.3) is 0 Å². The number of hydrogen-bond acceptors (Lipinski definition) is 3. The summed E-state index contributed by atoms with van der Waals surface area (Å²) in [5, 5.41) is 7.71. The number of nitrogens with two attached hydrogens (primary N) is 1. The Labute approximate surface area is 83.4 Å². The lowest BCUT2D eigenvalue weighted by Crippen LogP contribution is -2.21. The molecule has 0 saturated heterocycles. The molecule has 12 heavy (non-hydrogen) atoms. The minimum Gasteiger partial charge on any atom is -0.321 e. The molecule has 70 valence electrons. The monoisotopic (exact) mass is 210 g/mol. The summed E-state index contributed by atoms with van der Waals surface area (Å²) < 4.78 is 2.02. The van der Waals surface area contributed by atoms with Crippen LogP contribution in [-0.4, -0.2) is 14.8 Å². The van der Waals surface area contributed by atoms with Crippen molar-refractivity contribution in [1.82, 2.24) is 14.8 Å². The molecule has 1 atom stereocenters. The van der Waals surface area contributed by atoms with Crippen molar-refractivity contribution in [2.75, 3.05) is 0 Å². The van der Waals surface area contributed by atoms with E-state index in [1.54, 1.807) is 6.33 Å². The first kappa shape index (κ1) is 11.7. The Balaban J connectivity index is 0.000000605. The van der Waals surface area contributed by atoms with Gasteiger partial charge in [0.15, 0.2) is 0 Å². The maximum Gasteiger partial charge on any atom is 0.149 e. The van der Waals surface area contributed by atoms with Crippen molar-refractivity contribution in [2.45, 2.75) is 25.4 Å². The van der Waals surface area contributed by atoms with Crippen LogP contribution in [0.2, 0.25) is 0 Å². The lowest BCUT2D eigenvalue weighted by atomic mass is 10.1. The molecule has 1 aromatic heterocycles. The molecule has 0 amide bonds. The molecule has 2 rings (SSSR count). The molecule has 0 fully saturated rings. The number of aromatic nitrogens is 3. The Hall–Kier alpha value is -0.320. The van der Waals surface area contributed by atoms with Gasteiger partial charge in [-0.2, -0.15) is 0 Å². The van der Waals surface area contributed by atoms with Crippen LogP contribution in [0.25, 0.3) is 0 Å². The summed E-state index contributed by atoms with van der Waals surface area (Å²) in [5.41, 5.74) is 5.77. The van der Waals surface area contributed by atoms with Crippen LogP contribution in [0.3, 0.4) is 0 Å². The fraction of sp³-hybridized carbons (Fsp3) is 0.667. The van der Waals surface area contributed by atoms with E-state index in [9.17, 15) is 0 Å². The molecule has 0 radical (unpaired) electrons. The summed E-state index contributed by atoms with van der Waals surface area (Å²) in [6.07, 6.45) is 3.93. The molecular formula is C6H12Cl2N4. The normalized spacial score (nSPS) is 20.2. The van der Waals surface area contributed by atoms with E-state index < -0.39 is 0 Å². The van der Waals surface area contributed by atoms with Crippen molar-refractivity contribution in [3.05, 3.63) is 12.2 Å². The van der Waals surface area contributed by atoms with E-state index in [-0.39, 0.29) is 30.9 Å². The molecule has 2 N–H and O–H groups in total. The quantitative estimate of drug-likeness (QED) is 0.694. The first-order valence-corrected chi connectivity index (χ1v) is 3.51. The molecule has 0 aromatic carbocycles. The van der Waals surface area contributed by atoms with Gasteiger partial charge >= 0.3 is 0 Å². The highest BCUT2D eigenvalue weighted by Crippen LogP contribution is 2.18. The van der Waals surface area contributed by atoms with Gasteiger partial charge in [0.2, 0.25) is 0 Å². The van der Waals surface area contributed by atoms with Crippen LogP contribution in [0.15, 0.2) is 6.33 Å². The SMILES string of the molecule is Cl.Cl.NC1CCCn2cnnc21. The molecule has 4 nitrogen and oxygen atoms in total. The van der Waals surface area contributed by atoms with E-state index >= 15 is 0 Å². The van der Waals surface area contributed by atoms with Crippen LogP contribution >= 0.6 is 24.8 Å². The summed E-state index contributed by atoms with van der Waals surface area (Å²) in [4.78, 5) is 0. The van der Waals surface area contributed by atoms with E-state index in [4.69, 9.17) is 5.73 Å². The second-order valence-electron chi connectivity index (χ2n) is 2.63. The first-order chi connectivity index (χ1) is 4.88. The molecule has 0 spiro atoms. The van der Waals surface area contributed by atoms with Gasteiger partial charge in [0.1, 0.15) is 12.2 Å². The first-order valence-electron chi connectivity index (χ1n) is 3.51. The summed E-state index contributed by atoms with van der Waals surface area (Å²) in [5.74, 6) is 0.936. The molecule has 0 aliphatic carbocycles. The van der Waals surface area contributed by atoms with Crippen LogP contribution in [0.5, 0.6) is 0 Å². The zero-order valence-electron chi connectivity index (χ0n) is 6.51. The van der Waals surface area contributed by atoms with Gasteiger partial charge in [0, 0.05) is 6.54 Å². The average Bonchev–Trinajstić information content (AvgIpc) is 2.36. The third-order valence-electron chi connectivity index (χ3n) is 1.89. The van der Waals surface area contributed by atoms with Gasteiger partial charge in [0.05, 0.1) is 6.04 Å². The molecule has 1 unspecified atom stereocenters. The third kappa shape index (κ3) is 1.88. The fourth-order valence-electron chi connectivity index (χ4n) is 1.33. The zero-order chi connectivity index (χ0) is 6.97. The highest BCUT2D eigenvalue weighted by Gasteiger charge is 2.17. The number of hydrogen-bond donors (Lipinski definition) is 1. The summed E-state index contributed by atoms with van der Waals surface area (Å²) in [6, 6.07) is 0.108. The summed E-state index contributed by atoms with van der Waals surface area (Å²) >= 11 is 0. The average molecular weight is 211 g/mol. The predicted octanol–water partition coefficient (Wildman–Crippen LogP) is 0.915. The Morgan fingerprint density at radius 2 is 2.25 bits per heavy atom. The molecule has 1 aliphatic rings. The van der Waals surface area contributed by atoms with Crippen LogP contribution < -0.4 is 5.73 Å². The van der Waals surface area contributed by atoms with Crippen molar-refractivity contribution in [1.29, 1.82) is 0 Å². The third-order valence-corrected chi connectivity index (χ3v) is 1.89. The van der Waals surface area contributed by atoms with Crippen molar-refractivity contribution in [3.8, 4) is 0 Å². The molecule has 6 heteroatoms. The van der Waals surface area contributed by atoms with Gasteiger partial charge in [-0.25, -0.2) is 0 Å². The molecule has 1 aromatic rings. The Morgan fingerprint density at radius 3 is 2.92 bits per heavy atom. The van der Waals surface area contributed by atoms with Crippen LogP contribution in [-0.2, 0) is 6.54 Å². The molecule has 0 saturated carbocycles. The Kier molecular flexibility index (Phi) is 4.52. The van der Waals surface area contributed by atoms with Crippen molar-refractivity contribution in [2.24, 2.45) is 5.73 Å². The number of nitrogens with zero attached hydrogens (tertiary/aromatic N) is 3. The van der Waals surface area contributed by atoms with Crippen LogP contribution in [0.1, 0.15) is 24.7 Å². The minimum absolute atomic E-state index is 0. The van der Waals surface area contributed by atoms with E-state index in [0.29, 0.717) is 0 Å². The second-order valence-corrected chi connectivity index (χ2v) is 2.63. The van der Waals surface area contributed by atoms with Crippen LogP contribution in [0, 0.1) is 0 Å². The Morgan fingerprint density at radius 1 is 1.50 bits per heavy atom. The smallest absolute Gasteiger partial charge is 0.149 e. The fourth-order valence-corrected chi connectivity index (χ4v) is 1.33. The van der Waals surface area contributed by atoms with Gasteiger partial charge in [-0.15, -0.1) is 35.0 Å². The number of halogens is 2. The lowest BCUT2D eigenvalue weighted by Gasteiger charge is -2.17. The zero-order valence-corrected chi connectivity index (χ0v) is 8.14. The van der Waals surface area contributed by atoms with E-state index in [1.165, 1.54) is 0 Å². The topological polar surface area (TPSA) is 56.7 Å². The molecular weight excluding hydrogens is 199 g/mol. The van der Waals surface area contributed by atoms with Crippen molar-refractivity contribution >= 4 is 24.8 Å².